The normalized spacial score (nSPS) is 10.6. The quantitative estimate of drug-likeness (QED) is 0.168. The number of thiophene rings is 2. The molecule has 212 valence electrons. The van der Waals surface area contributed by atoms with Crippen molar-refractivity contribution in [2.75, 3.05) is 23.8 Å². The first-order chi connectivity index (χ1) is 19.9. The van der Waals surface area contributed by atoms with E-state index < -0.39 is 11.9 Å². The van der Waals surface area contributed by atoms with Crippen LogP contribution in [-0.2, 0) is 19.1 Å². The molecule has 0 unspecified atom stereocenters. The Morgan fingerprint density at radius 2 is 1.02 bits per heavy atom. The first-order valence-electron chi connectivity index (χ1n) is 13.2. The maximum Gasteiger partial charge on any atom is 0.341 e. The van der Waals surface area contributed by atoms with E-state index >= 15 is 0 Å². The molecule has 0 radical (unpaired) electrons. The number of nitrogens with one attached hydrogen (secondary N) is 2. The molecule has 2 aromatic carbocycles. The molecule has 4 rings (SSSR count). The summed E-state index contributed by atoms with van der Waals surface area (Å²) in [4.78, 5) is 51.0. The van der Waals surface area contributed by atoms with Crippen LogP contribution in [0.3, 0.4) is 0 Å². The molecule has 2 heterocycles. The van der Waals surface area contributed by atoms with E-state index in [4.69, 9.17) is 9.47 Å². The Morgan fingerprint density at radius 3 is 1.39 bits per heavy atom. The molecule has 8 nitrogen and oxygen atoms in total. The minimum Gasteiger partial charge on any atom is -0.462 e. The molecule has 0 spiro atoms. The van der Waals surface area contributed by atoms with Gasteiger partial charge in [-0.1, -0.05) is 60.7 Å². The van der Waals surface area contributed by atoms with E-state index in [0.717, 1.165) is 11.1 Å². The van der Waals surface area contributed by atoms with E-state index in [1.165, 1.54) is 22.7 Å². The van der Waals surface area contributed by atoms with Gasteiger partial charge in [0.05, 0.1) is 13.2 Å². The monoisotopic (exact) mass is 590 g/mol. The summed E-state index contributed by atoms with van der Waals surface area (Å²) in [6, 6.07) is 18.8. The molecule has 4 aromatic rings. The van der Waals surface area contributed by atoms with Gasteiger partial charge in [0.2, 0.25) is 11.8 Å². The van der Waals surface area contributed by atoms with Gasteiger partial charge in [-0.15, -0.1) is 22.7 Å². The van der Waals surface area contributed by atoms with Gasteiger partial charge in [-0.3, -0.25) is 9.59 Å². The van der Waals surface area contributed by atoms with Gasteiger partial charge in [0.25, 0.3) is 0 Å². The SMILES string of the molecule is CCOC(=O)c1c(-c2ccccc2)csc1NC(=O)CCCC(=O)Nc1scc(-c2ccccc2)c1C(=O)OCC. The van der Waals surface area contributed by atoms with Crippen LogP contribution in [0.1, 0.15) is 53.8 Å². The van der Waals surface area contributed by atoms with Gasteiger partial charge in [0.1, 0.15) is 21.1 Å². The van der Waals surface area contributed by atoms with Crippen LogP contribution >= 0.6 is 22.7 Å². The van der Waals surface area contributed by atoms with E-state index in [1.807, 2.05) is 71.4 Å². The molecule has 0 aliphatic heterocycles. The van der Waals surface area contributed by atoms with Crippen LogP contribution < -0.4 is 10.6 Å². The smallest absolute Gasteiger partial charge is 0.341 e. The van der Waals surface area contributed by atoms with E-state index in [-0.39, 0.29) is 44.3 Å². The maximum atomic E-state index is 12.8. The standard InChI is InChI=1S/C31H30N2O6S2/c1-3-38-30(36)26-22(20-12-7-5-8-13-20)18-40-28(26)32-24(34)16-11-17-25(35)33-29-27(31(37)39-4-2)23(19-41-29)21-14-9-6-10-15-21/h5-10,12-15,18-19H,3-4,11,16-17H2,1-2H3,(H,32,34)(H,33,35). The molecule has 0 saturated carbocycles. The molecular formula is C31H30N2O6S2. The van der Waals surface area contributed by atoms with Crippen molar-refractivity contribution in [2.24, 2.45) is 0 Å². The van der Waals surface area contributed by atoms with Crippen molar-refractivity contribution in [2.45, 2.75) is 33.1 Å². The largest absolute Gasteiger partial charge is 0.462 e. The lowest BCUT2D eigenvalue weighted by Crippen LogP contribution is -2.17. The minimum absolute atomic E-state index is 0.0681. The summed E-state index contributed by atoms with van der Waals surface area (Å²) in [7, 11) is 0. The number of amides is 2. The third kappa shape index (κ3) is 7.47. The van der Waals surface area contributed by atoms with Gasteiger partial charge in [-0.05, 0) is 31.4 Å². The molecule has 2 aromatic heterocycles. The Balaban J connectivity index is 1.39. The Morgan fingerprint density at radius 1 is 0.634 bits per heavy atom. The number of ether oxygens (including phenoxy) is 2. The summed E-state index contributed by atoms with van der Waals surface area (Å²) < 4.78 is 10.5. The summed E-state index contributed by atoms with van der Waals surface area (Å²) in [5.41, 5.74) is 3.68. The molecule has 0 saturated heterocycles. The second-order valence-corrected chi connectivity index (χ2v) is 10.6. The number of carbonyl (C=O) groups is 4. The number of benzene rings is 2. The van der Waals surface area contributed by atoms with Crippen molar-refractivity contribution < 1.29 is 28.7 Å². The predicted octanol–water partition coefficient (Wildman–Crippen LogP) is 7.24. The molecule has 0 aliphatic carbocycles. The van der Waals surface area contributed by atoms with Crippen molar-refractivity contribution in [1.29, 1.82) is 0 Å². The fourth-order valence-corrected chi connectivity index (χ4v) is 6.11. The first kappa shape index (κ1) is 29.7. The zero-order chi connectivity index (χ0) is 29.2. The molecule has 2 N–H and O–H groups in total. The first-order valence-corrected chi connectivity index (χ1v) is 15.0. The lowest BCUT2D eigenvalue weighted by atomic mass is 10.0. The summed E-state index contributed by atoms with van der Waals surface area (Å²) in [5, 5.41) is 10.1. The van der Waals surface area contributed by atoms with E-state index in [1.54, 1.807) is 13.8 Å². The number of esters is 2. The number of hydrogen-bond donors (Lipinski definition) is 2. The second kappa shape index (κ2) is 14.4. The van der Waals surface area contributed by atoms with E-state index in [2.05, 4.69) is 10.6 Å². The van der Waals surface area contributed by atoms with Crippen LogP contribution in [0.4, 0.5) is 10.0 Å². The summed E-state index contributed by atoms with van der Waals surface area (Å²) in [6.45, 7) is 3.87. The third-order valence-corrected chi connectivity index (χ3v) is 7.82. The van der Waals surface area contributed by atoms with Gasteiger partial charge < -0.3 is 20.1 Å². The van der Waals surface area contributed by atoms with Crippen LogP contribution in [0.25, 0.3) is 22.3 Å². The highest BCUT2D eigenvalue weighted by Gasteiger charge is 2.24. The average Bonchev–Trinajstić information content (AvgIpc) is 3.58. The van der Waals surface area contributed by atoms with Crippen molar-refractivity contribution in [3.05, 3.63) is 82.6 Å². The Kier molecular flexibility index (Phi) is 10.4. The Bertz CT molecular complexity index is 1400. The van der Waals surface area contributed by atoms with Crippen LogP contribution in [0.15, 0.2) is 71.4 Å². The van der Waals surface area contributed by atoms with Gasteiger partial charge in [0.15, 0.2) is 0 Å². The topological polar surface area (TPSA) is 111 Å². The van der Waals surface area contributed by atoms with Gasteiger partial charge in [-0.25, -0.2) is 9.59 Å². The second-order valence-electron chi connectivity index (χ2n) is 8.83. The average molecular weight is 591 g/mol. The molecular weight excluding hydrogens is 560 g/mol. The minimum atomic E-state index is -0.509. The van der Waals surface area contributed by atoms with Crippen LogP contribution in [0.5, 0.6) is 0 Å². The third-order valence-electron chi connectivity index (χ3n) is 6.02. The summed E-state index contributed by atoms with van der Waals surface area (Å²) in [6.07, 6.45) is 0.409. The number of carbonyl (C=O) groups excluding carboxylic acids is 4. The highest BCUT2D eigenvalue weighted by molar-refractivity contribution is 7.15. The highest BCUT2D eigenvalue weighted by Crippen LogP contribution is 2.37. The van der Waals surface area contributed by atoms with Crippen molar-refractivity contribution in [1.82, 2.24) is 0 Å². The highest BCUT2D eigenvalue weighted by atomic mass is 32.1. The van der Waals surface area contributed by atoms with Crippen LogP contribution in [-0.4, -0.2) is 37.0 Å². The number of rotatable bonds is 12. The van der Waals surface area contributed by atoms with Crippen LogP contribution in [0, 0.1) is 0 Å². The molecule has 0 fully saturated rings. The van der Waals surface area contributed by atoms with Crippen molar-refractivity contribution in [3.63, 3.8) is 0 Å². The number of anilines is 2. The molecule has 0 bridgehead atoms. The summed E-state index contributed by atoms with van der Waals surface area (Å²) >= 11 is 2.50. The Labute approximate surface area is 246 Å². The van der Waals surface area contributed by atoms with Crippen molar-refractivity contribution >= 4 is 56.4 Å². The van der Waals surface area contributed by atoms with Crippen molar-refractivity contribution in [3.8, 4) is 22.3 Å². The van der Waals surface area contributed by atoms with E-state index in [0.29, 0.717) is 32.3 Å². The van der Waals surface area contributed by atoms with Gasteiger partial charge in [-0.2, -0.15) is 0 Å². The predicted molar refractivity (Wildman–Crippen MR) is 163 cm³/mol. The zero-order valence-corrected chi connectivity index (χ0v) is 24.4. The zero-order valence-electron chi connectivity index (χ0n) is 22.7. The molecule has 0 aliphatic rings. The maximum absolute atomic E-state index is 12.8. The van der Waals surface area contributed by atoms with E-state index in [9.17, 15) is 19.2 Å². The fourth-order valence-electron chi connectivity index (χ4n) is 4.16. The molecule has 10 heteroatoms. The van der Waals surface area contributed by atoms with Gasteiger partial charge in [0, 0.05) is 34.7 Å². The van der Waals surface area contributed by atoms with Crippen LogP contribution in [0.2, 0.25) is 0 Å². The van der Waals surface area contributed by atoms with Gasteiger partial charge >= 0.3 is 11.9 Å². The lowest BCUT2D eigenvalue weighted by molar-refractivity contribution is -0.117. The lowest BCUT2D eigenvalue weighted by Gasteiger charge is -2.10. The number of hydrogen-bond acceptors (Lipinski definition) is 8. The fraction of sp³-hybridized carbons (Fsp3) is 0.226. The Hall–Kier alpha value is -4.28. The molecule has 2 amide bonds. The summed E-state index contributed by atoms with van der Waals surface area (Å²) in [5.74, 6) is -1.66. The molecule has 41 heavy (non-hydrogen) atoms. The molecule has 0 atom stereocenters.